The molecule has 0 aliphatic heterocycles. The minimum atomic E-state index is -3.01. The third kappa shape index (κ3) is 3.02. The maximum Gasteiger partial charge on any atom is 0.155 e. The van der Waals surface area contributed by atoms with E-state index in [0.717, 1.165) is 0 Å². The summed E-state index contributed by atoms with van der Waals surface area (Å²) in [5, 5.41) is 0. The van der Waals surface area contributed by atoms with Gasteiger partial charge >= 0.3 is 0 Å². The number of anilines is 1. The van der Waals surface area contributed by atoms with Gasteiger partial charge in [0.25, 0.3) is 0 Å². The number of rotatable bonds is 3. The number of nitrogens with zero attached hydrogens (tertiary/aromatic N) is 1. The summed E-state index contributed by atoms with van der Waals surface area (Å²) in [5.74, 6) is 0.446. The van der Waals surface area contributed by atoms with Crippen LogP contribution in [-0.4, -0.2) is 19.2 Å². The highest BCUT2D eigenvalue weighted by molar-refractivity contribution is 7.90. The lowest BCUT2D eigenvalue weighted by atomic mass is 10.4. The topological polar surface area (TPSA) is 73.0 Å². The summed E-state index contributed by atoms with van der Waals surface area (Å²) in [4.78, 5) is 3.90. The number of hydrogen-bond acceptors (Lipinski definition) is 4. The number of nitrogens with two attached hydrogens (primary N) is 1. The van der Waals surface area contributed by atoms with E-state index in [2.05, 4.69) is 4.98 Å². The second-order valence-corrected chi connectivity index (χ2v) is 5.08. The van der Waals surface area contributed by atoms with Crippen molar-refractivity contribution < 1.29 is 8.42 Å². The van der Waals surface area contributed by atoms with Crippen LogP contribution >= 0.6 is 0 Å². The number of sulfone groups is 1. The Bertz CT molecular complexity index is 387. The van der Waals surface area contributed by atoms with Crippen LogP contribution in [0.5, 0.6) is 0 Å². The third-order valence-electron chi connectivity index (χ3n) is 1.64. The summed E-state index contributed by atoms with van der Waals surface area (Å²) in [6.45, 7) is 1.61. The molecule has 72 valence electrons. The zero-order chi connectivity index (χ0) is 9.90. The van der Waals surface area contributed by atoms with Crippen molar-refractivity contribution in [2.45, 2.75) is 12.7 Å². The Hall–Kier alpha value is -1.10. The second-order valence-electron chi connectivity index (χ2n) is 2.73. The molecule has 0 amide bonds. The highest BCUT2D eigenvalue weighted by atomic mass is 32.2. The van der Waals surface area contributed by atoms with Crippen LogP contribution in [0.1, 0.15) is 12.6 Å². The first-order valence-corrected chi connectivity index (χ1v) is 5.77. The molecule has 0 unspecified atom stereocenters. The van der Waals surface area contributed by atoms with Crippen molar-refractivity contribution in [3.05, 3.63) is 23.9 Å². The summed E-state index contributed by atoms with van der Waals surface area (Å²) < 4.78 is 22.4. The lowest BCUT2D eigenvalue weighted by Gasteiger charge is -2.00. The van der Waals surface area contributed by atoms with Crippen molar-refractivity contribution in [3.8, 4) is 0 Å². The Kier molecular flexibility index (Phi) is 2.87. The Morgan fingerprint density at radius 2 is 2.15 bits per heavy atom. The molecule has 0 bridgehead atoms. The molecule has 1 aromatic heterocycles. The average molecular weight is 200 g/mol. The highest BCUT2D eigenvalue weighted by Gasteiger charge is 2.09. The smallest absolute Gasteiger partial charge is 0.155 e. The van der Waals surface area contributed by atoms with Crippen molar-refractivity contribution in [2.75, 3.05) is 11.5 Å². The fraction of sp³-hybridized carbons (Fsp3) is 0.375. The predicted molar refractivity (Wildman–Crippen MR) is 51.8 cm³/mol. The van der Waals surface area contributed by atoms with Crippen molar-refractivity contribution in [1.82, 2.24) is 4.98 Å². The van der Waals surface area contributed by atoms with Gasteiger partial charge in [-0.1, -0.05) is 13.0 Å². The maximum atomic E-state index is 11.2. The van der Waals surface area contributed by atoms with Gasteiger partial charge in [-0.15, -0.1) is 0 Å². The molecular weight excluding hydrogens is 188 g/mol. The average Bonchev–Trinajstić information content (AvgIpc) is 2.03. The zero-order valence-corrected chi connectivity index (χ0v) is 8.21. The van der Waals surface area contributed by atoms with Crippen LogP contribution in [-0.2, 0) is 15.6 Å². The van der Waals surface area contributed by atoms with Gasteiger partial charge in [0.1, 0.15) is 5.82 Å². The van der Waals surface area contributed by atoms with E-state index in [1.165, 1.54) is 0 Å². The molecule has 1 rings (SSSR count). The molecule has 1 aromatic rings. The summed E-state index contributed by atoms with van der Waals surface area (Å²) in [6, 6.07) is 4.98. The van der Waals surface area contributed by atoms with Crippen molar-refractivity contribution in [3.63, 3.8) is 0 Å². The van der Waals surface area contributed by atoms with Crippen molar-refractivity contribution >= 4 is 15.7 Å². The highest BCUT2D eigenvalue weighted by Crippen LogP contribution is 2.05. The third-order valence-corrected chi connectivity index (χ3v) is 3.25. The SMILES string of the molecule is CCS(=O)(=O)Cc1cccc(N)n1. The molecule has 0 aliphatic carbocycles. The van der Waals surface area contributed by atoms with Gasteiger partial charge < -0.3 is 5.73 Å². The van der Waals surface area contributed by atoms with Crippen LogP contribution in [0.2, 0.25) is 0 Å². The first-order valence-electron chi connectivity index (χ1n) is 3.95. The molecule has 0 aliphatic rings. The van der Waals surface area contributed by atoms with E-state index in [0.29, 0.717) is 11.5 Å². The molecule has 0 radical (unpaired) electrons. The molecule has 4 nitrogen and oxygen atoms in total. The van der Waals surface area contributed by atoms with E-state index in [-0.39, 0.29) is 11.5 Å². The van der Waals surface area contributed by atoms with Crippen LogP contribution in [0.25, 0.3) is 0 Å². The number of nitrogen functional groups attached to an aromatic ring is 1. The normalized spacial score (nSPS) is 11.5. The van der Waals surface area contributed by atoms with Gasteiger partial charge in [-0.25, -0.2) is 13.4 Å². The number of pyridine rings is 1. The molecular formula is C8H12N2O2S. The fourth-order valence-electron chi connectivity index (χ4n) is 0.906. The van der Waals surface area contributed by atoms with Gasteiger partial charge in [0, 0.05) is 5.75 Å². The molecule has 0 saturated heterocycles. The summed E-state index contributed by atoms with van der Waals surface area (Å²) in [6.07, 6.45) is 0. The quantitative estimate of drug-likeness (QED) is 0.775. The fourth-order valence-corrected chi connectivity index (χ4v) is 1.72. The Morgan fingerprint density at radius 3 is 2.69 bits per heavy atom. The molecule has 0 fully saturated rings. The molecule has 0 atom stereocenters. The van der Waals surface area contributed by atoms with Gasteiger partial charge in [-0.2, -0.15) is 0 Å². The minimum absolute atomic E-state index is 0.0332. The number of aromatic nitrogens is 1. The summed E-state index contributed by atoms with van der Waals surface area (Å²) in [5.41, 5.74) is 5.91. The second kappa shape index (κ2) is 3.74. The van der Waals surface area contributed by atoms with Crippen LogP contribution < -0.4 is 5.73 Å². The first-order chi connectivity index (χ1) is 6.03. The van der Waals surface area contributed by atoms with E-state index in [1.807, 2.05) is 0 Å². The van der Waals surface area contributed by atoms with Crippen LogP contribution in [0.3, 0.4) is 0 Å². The van der Waals surface area contributed by atoms with Crippen molar-refractivity contribution in [1.29, 1.82) is 0 Å². The van der Waals surface area contributed by atoms with Gasteiger partial charge in [0.15, 0.2) is 9.84 Å². The monoisotopic (exact) mass is 200 g/mol. The van der Waals surface area contributed by atoms with Gasteiger partial charge in [-0.3, -0.25) is 0 Å². The zero-order valence-electron chi connectivity index (χ0n) is 7.40. The molecule has 0 spiro atoms. The van der Waals surface area contributed by atoms with E-state index >= 15 is 0 Å². The predicted octanol–water partition coefficient (Wildman–Crippen LogP) is 0.599. The molecule has 13 heavy (non-hydrogen) atoms. The Labute approximate surface area is 77.7 Å². The van der Waals surface area contributed by atoms with Crippen LogP contribution in [0.4, 0.5) is 5.82 Å². The molecule has 0 saturated carbocycles. The van der Waals surface area contributed by atoms with Crippen LogP contribution in [0, 0.1) is 0 Å². The van der Waals surface area contributed by atoms with E-state index in [9.17, 15) is 8.42 Å². The van der Waals surface area contributed by atoms with E-state index < -0.39 is 9.84 Å². The lowest BCUT2D eigenvalue weighted by Crippen LogP contribution is -2.08. The van der Waals surface area contributed by atoms with E-state index in [4.69, 9.17) is 5.73 Å². The minimum Gasteiger partial charge on any atom is -0.384 e. The summed E-state index contributed by atoms with van der Waals surface area (Å²) >= 11 is 0. The van der Waals surface area contributed by atoms with Gasteiger partial charge in [0.2, 0.25) is 0 Å². The first kappa shape index (κ1) is 9.98. The maximum absolute atomic E-state index is 11.2. The Morgan fingerprint density at radius 1 is 1.46 bits per heavy atom. The lowest BCUT2D eigenvalue weighted by molar-refractivity contribution is 0.596. The van der Waals surface area contributed by atoms with Crippen LogP contribution in [0.15, 0.2) is 18.2 Å². The Balaban J connectivity index is 2.87. The largest absolute Gasteiger partial charge is 0.384 e. The number of hydrogen-bond donors (Lipinski definition) is 1. The molecule has 1 heterocycles. The molecule has 2 N–H and O–H groups in total. The standard InChI is InChI=1S/C8H12N2O2S/c1-2-13(11,12)6-7-4-3-5-8(9)10-7/h3-5H,2,6H2,1H3,(H2,9,10). The van der Waals surface area contributed by atoms with Crippen molar-refractivity contribution in [2.24, 2.45) is 0 Å². The van der Waals surface area contributed by atoms with E-state index in [1.54, 1.807) is 25.1 Å². The summed E-state index contributed by atoms with van der Waals surface area (Å²) in [7, 11) is -3.01. The van der Waals surface area contributed by atoms with Gasteiger partial charge in [0.05, 0.1) is 11.4 Å². The molecule has 0 aromatic carbocycles. The molecule has 5 heteroatoms. The van der Waals surface area contributed by atoms with Gasteiger partial charge in [-0.05, 0) is 12.1 Å².